The number of amides is 2. The molecular weight excluding hydrogens is 394 g/mol. The molecule has 2 aromatic heterocycles. The molecule has 31 heavy (non-hydrogen) atoms. The summed E-state index contributed by atoms with van der Waals surface area (Å²) in [5, 5.41) is 7.91. The van der Waals surface area contributed by atoms with Gasteiger partial charge in [0.05, 0.1) is 12.3 Å². The van der Waals surface area contributed by atoms with E-state index >= 15 is 0 Å². The summed E-state index contributed by atoms with van der Waals surface area (Å²) in [6, 6.07) is 13.2. The number of H-pyrrole nitrogens is 1. The van der Waals surface area contributed by atoms with E-state index in [2.05, 4.69) is 15.2 Å². The minimum Gasteiger partial charge on any atom is -0.449 e. The molecule has 1 N–H and O–H groups in total. The number of carbonyl (C=O) groups is 2. The molecule has 1 fully saturated rings. The molecule has 8 nitrogen and oxygen atoms in total. The zero-order chi connectivity index (χ0) is 21.5. The molecule has 0 radical (unpaired) electrons. The van der Waals surface area contributed by atoms with Crippen LogP contribution in [0, 0.1) is 0 Å². The number of hydrogen-bond donors (Lipinski definition) is 1. The average molecular weight is 419 g/mol. The van der Waals surface area contributed by atoms with Gasteiger partial charge in [-0.05, 0) is 49.6 Å². The monoisotopic (exact) mass is 419 g/mol. The summed E-state index contributed by atoms with van der Waals surface area (Å²) in [5.41, 5.74) is 2.12. The normalized spacial score (nSPS) is 13.7. The number of pyridine rings is 1. The van der Waals surface area contributed by atoms with Crippen molar-refractivity contribution in [3.8, 4) is 0 Å². The Labute approximate surface area is 180 Å². The van der Waals surface area contributed by atoms with Crippen LogP contribution in [0.5, 0.6) is 0 Å². The highest BCUT2D eigenvalue weighted by molar-refractivity contribution is 6.04. The molecule has 4 rings (SSSR count). The second-order valence-corrected chi connectivity index (χ2v) is 7.33. The van der Waals surface area contributed by atoms with Gasteiger partial charge in [-0.2, -0.15) is 5.10 Å². The Bertz CT molecular complexity index is 1060. The van der Waals surface area contributed by atoms with E-state index in [1.165, 1.54) is 6.08 Å². The summed E-state index contributed by atoms with van der Waals surface area (Å²) in [5.74, 6) is -0.163. The van der Waals surface area contributed by atoms with E-state index < -0.39 is 0 Å². The molecule has 8 heteroatoms. The summed E-state index contributed by atoms with van der Waals surface area (Å²) < 4.78 is 5.37. The third-order valence-electron chi connectivity index (χ3n) is 5.20. The fraction of sp³-hybridized carbons (Fsp3) is 0.304. The largest absolute Gasteiger partial charge is 0.449 e. The zero-order valence-electron chi connectivity index (χ0n) is 17.2. The first kappa shape index (κ1) is 20.6. The molecule has 3 heterocycles. The van der Waals surface area contributed by atoms with Gasteiger partial charge in [-0.25, -0.2) is 9.78 Å². The van der Waals surface area contributed by atoms with Crippen LogP contribution in [0.3, 0.4) is 0 Å². The van der Waals surface area contributed by atoms with E-state index in [0.29, 0.717) is 18.6 Å². The summed E-state index contributed by atoms with van der Waals surface area (Å²) in [4.78, 5) is 32.6. The molecule has 1 aromatic carbocycles. The van der Waals surface area contributed by atoms with Gasteiger partial charge < -0.3 is 14.5 Å². The molecule has 3 aromatic rings. The third-order valence-corrected chi connectivity index (χ3v) is 5.20. The number of likely N-dealkylation sites (tertiary alicyclic amines) is 1. The van der Waals surface area contributed by atoms with Crippen LogP contribution in [-0.4, -0.2) is 58.3 Å². The molecule has 1 saturated heterocycles. The van der Waals surface area contributed by atoms with Crippen LogP contribution in [0.2, 0.25) is 0 Å². The molecule has 160 valence electrons. The van der Waals surface area contributed by atoms with Gasteiger partial charge in [-0.15, -0.1) is 0 Å². The molecular formula is C23H25N5O3. The number of fused-ring (bicyclic) bond motifs is 1. The van der Waals surface area contributed by atoms with Gasteiger partial charge in [-0.1, -0.05) is 18.2 Å². The first-order valence-corrected chi connectivity index (χ1v) is 10.5. The number of ether oxygens (including phenoxy) is 1. The lowest BCUT2D eigenvalue weighted by atomic mass is 10.2. The number of nitrogens with one attached hydrogen (secondary N) is 1. The van der Waals surface area contributed by atoms with E-state index in [0.717, 1.165) is 42.7 Å². The lowest BCUT2D eigenvalue weighted by Gasteiger charge is -2.22. The molecule has 1 aliphatic rings. The van der Waals surface area contributed by atoms with Crippen LogP contribution in [-0.2, 0) is 9.53 Å². The Hall–Kier alpha value is -3.68. The molecule has 1 aliphatic heterocycles. The van der Waals surface area contributed by atoms with Gasteiger partial charge in [0.2, 0.25) is 0 Å². The maximum atomic E-state index is 13.0. The number of carbonyl (C=O) groups excluding carboxylic acids is 2. The van der Waals surface area contributed by atoms with Crippen molar-refractivity contribution in [3.05, 3.63) is 60.4 Å². The number of hydrogen-bond acceptors (Lipinski definition) is 5. The molecule has 0 spiro atoms. The van der Waals surface area contributed by atoms with Gasteiger partial charge in [0, 0.05) is 43.0 Å². The molecule has 0 bridgehead atoms. The number of nitrogens with zero attached hydrogens (tertiary/aromatic N) is 4. The van der Waals surface area contributed by atoms with E-state index in [-0.39, 0.29) is 18.6 Å². The predicted molar refractivity (Wildman–Crippen MR) is 118 cm³/mol. The molecule has 2 amide bonds. The van der Waals surface area contributed by atoms with Gasteiger partial charge >= 0.3 is 6.09 Å². The Morgan fingerprint density at radius 2 is 1.94 bits per heavy atom. The zero-order valence-corrected chi connectivity index (χ0v) is 17.2. The van der Waals surface area contributed by atoms with Crippen molar-refractivity contribution in [2.45, 2.75) is 19.3 Å². The van der Waals surface area contributed by atoms with Crippen LogP contribution in [0.15, 0.2) is 54.7 Å². The fourth-order valence-electron chi connectivity index (χ4n) is 3.59. The van der Waals surface area contributed by atoms with Crippen LogP contribution >= 0.6 is 0 Å². The Morgan fingerprint density at radius 3 is 2.74 bits per heavy atom. The predicted octanol–water partition coefficient (Wildman–Crippen LogP) is 3.63. The smallest absolute Gasteiger partial charge is 0.409 e. The number of aromatic nitrogens is 3. The van der Waals surface area contributed by atoms with Crippen LogP contribution in [0.1, 0.15) is 25.0 Å². The van der Waals surface area contributed by atoms with Crippen molar-refractivity contribution in [3.63, 3.8) is 0 Å². The first-order chi connectivity index (χ1) is 15.2. The Kier molecular flexibility index (Phi) is 6.56. The second kappa shape index (κ2) is 9.88. The lowest BCUT2D eigenvalue weighted by molar-refractivity contribution is -0.114. The number of anilines is 1. The minimum atomic E-state index is -0.269. The van der Waals surface area contributed by atoms with E-state index in [1.807, 2.05) is 42.5 Å². The molecule has 0 aliphatic carbocycles. The summed E-state index contributed by atoms with van der Waals surface area (Å²) >= 11 is 0. The maximum Gasteiger partial charge on any atom is 0.409 e. The van der Waals surface area contributed by atoms with Gasteiger partial charge in [0.15, 0.2) is 5.65 Å². The quantitative estimate of drug-likeness (QED) is 0.466. The van der Waals surface area contributed by atoms with Crippen molar-refractivity contribution in [2.24, 2.45) is 0 Å². The van der Waals surface area contributed by atoms with Crippen molar-refractivity contribution < 1.29 is 14.3 Å². The Balaban J connectivity index is 1.39. The van der Waals surface area contributed by atoms with Crippen molar-refractivity contribution in [1.82, 2.24) is 20.1 Å². The molecule has 0 atom stereocenters. The van der Waals surface area contributed by atoms with E-state index in [1.54, 1.807) is 22.1 Å². The van der Waals surface area contributed by atoms with Crippen LogP contribution < -0.4 is 4.90 Å². The van der Waals surface area contributed by atoms with Gasteiger partial charge in [-0.3, -0.25) is 9.89 Å². The number of aromatic amines is 1. The SMILES string of the molecule is O=C(OCCCN(C(=O)/C=C/c1[nH]nc2ncccc12)c1ccccc1)N1CCCC1. The van der Waals surface area contributed by atoms with Crippen molar-refractivity contribution in [2.75, 3.05) is 31.1 Å². The summed E-state index contributed by atoms with van der Waals surface area (Å²) in [6.07, 6.45) is 7.24. The minimum absolute atomic E-state index is 0.163. The lowest BCUT2D eigenvalue weighted by Crippen LogP contribution is -2.32. The summed E-state index contributed by atoms with van der Waals surface area (Å²) in [6.45, 7) is 2.23. The second-order valence-electron chi connectivity index (χ2n) is 7.33. The number of para-hydroxylation sites is 1. The molecule has 0 unspecified atom stereocenters. The van der Waals surface area contributed by atoms with Gasteiger partial charge in [0.25, 0.3) is 5.91 Å². The first-order valence-electron chi connectivity index (χ1n) is 10.5. The topological polar surface area (TPSA) is 91.4 Å². The Morgan fingerprint density at radius 1 is 1.13 bits per heavy atom. The average Bonchev–Trinajstić information content (AvgIpc) is 3.48. The van der Waals surface area contributed by atoms with E-state index in [4.69, 9.17) is 4.74 Å². The fourth-order valence-corrected chi connectivity index (χ4v) is 3.59. The highest BCUT2D eigenvalue weighted by Crippen LogP contribution is 2.17. The third kappa shape index (κ3) is 5.09. The highest BCUT2D eigenvalue weighted by Gasteiger charge is 2.19. The maximum absolute atomic E-state index is 13.0. The standard InChI is InChI=1S/C23H25N5O3/c29-21(12-11-20-19-10-6-13-24-22(19)26-25-20)28(18-8-2-1-3-9-18)16-7-17-31-23(30)27-14-4-5-15-27/h1-3,6,8-13H,4-5,7,14-17H2,(H,24,25,26)/b12-11+. The number of rotatable bonds is 7. The molecule has 0 saturated carbocycles. The highest BCUT2D eigenvalue weighted by atomic mass is 16.6. The van der Waals surface area contributed by atoms with Crippen molar-refractivity contribution in [1.29, 1.82) is 0 Å². The van der Waals surface area contributed by atoms with Crippen LogP contribution in [0.4, 0.5) is 10.5 Å². The summed E-state index contributed by atoms with van der Waals surface area (Å²) in [7, 11) is 0. The number of benzene rings is 1. The van der Waals surface area contributed by atoms with Crippen LogP contribution in [0.25, 0.3) is 17.1 Å². The van der Waals surface area contributed by atoms with E-state index in [9.17, 15) is 9.59 Å². The van der Waals surface area contributed by atoms with Crippen molar-refractivity contribution >= 4 is 34.8 Å². The van der Waals surface area contributed by atoms with Gasteiger partial charge in [0.1, 0.15) is 0 Å².